The average Bonchev–Trinajstić information content (AvgIpc) is 3.32. The maximum atomic E-state index is 12.4. The third-order valence-electron chi connectivity index (χ3n) is 5.04. The van der Waals surface area contributed by atoms with Crippen LogP contribution in [-0.4, -0.2) is 41.5 Å². The highest BCUT2D eigenvalue weighted by Gasteiger charge is 2.24. The molecule has 1 unspecified atom stereocenters. The van der Waals surface area contributed by atoms with Gasteiger partial charge >= 0.3 is 0 Å². The van der Waals surface area contributed by atoms with Gasteiger partial charge in [-0.1, -0.05) is 48.0 Å². The van der Waals surface area contributed by atoms with Crippen LogP contribution >= 0.6 is 11.3 Å². The molecule has 1 aromatic heterocycles. The summed E-state index contributed by atoms with van der Waals surface area (Å²) in [7, 11) is 0. The van der Waals surface area contributed by atoms with Crippen LogP contribution in [0.5, 0.6) is 0 Å². The van der Waals surface area contributed by atoms with E-state index in [0.717, 1.165) is 36.5 Å². The number of likely N-dealkylation sites (tertiary alicyclic amines) is 1. The molecule has 1 fully saturated rings. The second kappa shape index (κ2) is 9.20. The van der Waals surface area contributed by atoms with Crippen molar-refractivity contribution in [3.63, 3.8) is 0 Å². The summed E-state index contributed by atoms with van der Waals surface area (Å²) in [6, 6.07) is 19.1. The van der Waals surface area contributed by atoms with Gasteiger partial charge in [-0.15, -0.1) is 11.3 Å². The molecule has 2 N–H and O–H groups in total. The van der Waals surface area contributed by atoms with Gasteiger partial charge in [0, 0.05) is 42.3 Å². The van der Waals surface area contributed by atoms with Crippen LogP contribution in [0.25, 0.3) is 0 Å². The molecule has 0 saturated carbocycles. The summed E-state index contributed by atoms with van der Waals surface area (Å²) in [5.74, 6) is 0.00168. The zero-order valence-corrected chi connectivity index (χ0v) is 17.4. The zero-order chi connectivity index (χ0) is 20.1. The summed E-state index contributed by atoms with van der Waals surface area (Å²) < 4.78 is 0. The monoisotopic (exact) mass is 406 g/mol. The number of carbonyl (C=O) groups excluding carboxylic acids is 1. The number of hydrogen-bond acceptors (Lipinski definition) is 5. The van der Waals surface area contributed by atoms with Gasteiger partial charge in [0.25, 0.3) is 0 Å². The normalized spacial score (nSPS) is 16.7. The van der Waals surface area contributed by atoms with Gasteiger partial charge in [0.2, 0.25) is 5.91 Å². The number of nitrogens with zero attached hydrogens (tertiary/aromatic N) is 2. The van der Waals surface area contributed by atoms with Crippen molar-refractivity contribution in [1.29, 1.82) is 0 Å². The number of carbonyl (C=O) groups is 1. The Morgan fingerprint density at radius 3 is 2.90 bits per heavy atom. The number of thiazole rings is 1. The van der Waals surface area contributed by atoms with Crippen LogP contribution in [0.4, 0.5) is 10.8 Å². The van der Waals surface area contributed by atoms with Crippen LogP contribution in [0.2, 0.25) is 0 Å². The Kier molecular flexibility index (Phi) is 6.22. The van der Waals surface area contributed by atoms with E-state index in [4.69, 9.17) is 0 Å². The molecule has 2 heterocycles. The number of rotatable bonds is 7. The van der Waals surface area contributed by atoms with Gasteiger partial charge < -0.3 is 10.6 Å². The van der Waals surface area contributed by atoms with Crippen molar-refractivity contribution in [2.75, 3.05) is 30.3 Å². The fraction of sp³-hybridized carbons (Fsp3) is 0.304. The molecule has 1 saturated heterocycles. The standard InChI is InChI=1S/C23H26N4OS/c1-17-6-5-7-18(12-17)13-21-14-24-23(29-21)26-22(28)16-27-11-10-20(15-27)25-19-8-3-2-4-9-19/h2-9,12,14,20,25H,10-11,13,15-16H2,1H3,(H,24,26,28). The molecular formula is C23H26N4OS. The summed E-state index contributed by atoms with van der Waals surface area (Å²) in [4.78, 5) is 20.2. The quantitative estimate of drug-likeness (QED) is 0.618. The van der Waals surface area contributed by atoms with Gasteiger partial charge in [-0.2, -0.15) is 0 Å². The molecule has 4 rings (SSSR count). The second-order valence-corrected chi connectivity index (χ2v) is 8.69. The number of para-hydroxylation sites is 1. The van der Waals surface area contributed by atoms with E-state index in [2.05, 4.69) is 63.8 Å². The number of amides is 1. The number of aryl methyl sites for hydroxylation is 1. The van der Waals surface area contributed by atoms with Crippen LogP contribution in [0, 0.1) is 6.92 Å². The molecule has 3 aromatic rings. The summed E-state index contributed by atoms with van der Waals surface area (Å²) in [5, 5.41) is 7.17. The smallest absolute Gasteiger partial charge is 0.240 e. The minimum Gasteiger partial charge on any atom is -0.381 e. The topological polar surface area (TPSA) is 57.3 Å². The van der Waals surface area contributed by atoms with E-state index >= 15 is 0 Å². The molecule has 6 heteroatoms. The minimum atomic E-state index is 0.00168. The first-order chi connectivity index (χ1) is 14.1. The highest BCUT2D eigenvalue weighted by atomic mass is 32.1. The third kappa shape index (κ3) is 5.65. The van der Waals surface area contributed by atoms with Crippen molar-refractivity contribution in [1.82, 2.24) is 9.88 Å². The summed E-state index contributed by atoms with van der Waals surface area (Å²) in [6.07, 6.45) is 3.74. The first kappa shape index (κ1) is 19.6. The van der Waals surface area contributed by atoms with Crippen molar-refractivity contribution in [3.8, 4) is 0 Å². The van der Waals surface area contributed by atoms with Gasteiger partial charge in [0.05, 0.1) is 6.54 Å². The molecule has 0 radical (unpaired) electrons. The summed E-state index contributed by atoms with van der Waals surface area (Å²) >= 11 is 1.55. The van der Waals surface area contributed by atoms with E-state index in [1.54, 1.807) is 11.3 Å². The van der Waals surface area contributed by atoms with E-state index in [0.29, 0.717) is 17.7 Å². The molecule has 150 valence electrons. The molecular weight excluding hydrogens is 380 g/mol. The van der Waals surface area contributed by atoms with E-state index < -0.39 is 0 Å². The van der Waals surface area contributed by atoms with E-state index in [1.165, 1.54) is 11.1 Å². The van der Waals surface area contributed by atoms with Crippen LogP contribution in [0.1, 0.15) is 22.4 Å². The Morgan fingerprint density at radius 2 is 2.07 bits per heavy atom. The highest BCUT2D eigenvalue weighted by Crippen LogP contribution is 2.22. The van der Waals surface area contributed by atoms with Crippen molar-refractivity contribution < 1.29 is 4.79 Å². The Labute approximate surface area is 175 Å². The molecule has 29 heavy (non-hydrogen) atoms. The van der Waals surface area contributed by atoms with Crippen molar-refractivity contribution in [2.45, 2.75) is 25.8 Å². The third-order valence-corrected chi connectivity index (χ3v) is 5.96. The lowest BCUT2D eigenvalue weighted by atomic mass is 10.1. The lowest BCUT2D eigenvalue weighted by Crippen LogP contribution is -2.33. The molecule has 0 bridgehead atoms. The van der Waals surface area contributed by atoms with Gasteiger partial charge in [-0.3, -0.25) is 9.69 Å². The fourth-order valence-corrected chi connectivity index (χ4v) is 4.56. The van der Waals surface area contributed by atoms with Gasteiger partial charge in [-0.25, -0.2) is 4.98 Å². The Morgan fingerprint density at radius 1 is 1.21 bits per heavy atom. The first-order valence-corrected chi connectivity index (χ1v) is 10.8. The molecule has 0 aliphatic carbocycles. The number of aromatic nitrogens is 1. The zero-order valence-electron chi connectivity index (χ0n) is 16.6. The molecule has 1 amide bonds. The molecule has 1 aliphatic rings. The summed E-state index contributed by atoms with van der Waals surface area (Å²) in [6.45, 7) is 4.30. The first-order valence-electron chi connectivity index (χ1n) is 9.98. The Hall–Kier alpha value is -2.70. The summed E-state index contributed by atoms with van der Waals surface area (Å²) in [5.41, 5.74) is 3.65. The maximum Gasteiger partial charge on any atom is 0.240 e. The Bertz CT molecular complexity index is 956. The average molecular weight is 407 g/mol. The molecule has 0 spiro atoms. The van der Waals surface area contributed by atoms with Crippen LogP contribution in [-0.2, 0) is 11.2 Å². The molecule has 1 aliphatic heterocycles. The number of hydrogen-bond donors (Lipinski definition) is 2. The fourth-order valence-electron chi connectivity index (χ4n) is 3.70. The molecule has 2 aromatic carbocycles. The lowest BCUT2D eigenvalue weighted by molar-refractivity contribution is -0.117. The number of benzene rings is 2. The SMILES string of the molecule is Cc1cccc(Cc2cnc(NC(=O)CN3CCC(Nc4ccccc4)C3)s2)c1. The highest BCUT2D eigenvalue weighted by molar-refractivity contribution is 7.15. The number of nitrogens with one attached hydrogen (secondary N) is 2. The van der Waals surface area contributed by atoms with Crippen LogP contribution in [0.3, 0.4) is 0 Å². The van der Waals surface area contributed by atoms with E-state index in [-0.39, 0.29) is 5.91 Å². The van der Waals surface area contributed by atoms with Crippen LogP contribution < -0.4 is 10.6 Å². The van der Waals surface area contributed by atoms with Gasteiger partial charge in [0.15, 0.2) is 5.13 Å². The van der Waals surface area contributed by atoms with Crippen LogP contribution in [0.15, 0.2) is 60.8 Å². The largest absolute Gasteiger partial charge is 0.381 e. The molecule has 1 atom stereocenters. The second-order valence-electron chi connectivity index (χ2n) is 7.58. The van der Waals surface area contributed by atoms with Gasteiger partial charge in [-0.05, 0) is 31.0 Å². The Balaban J connectivity index is 1.24. The lowest BCUT2D eigenvalue weighted by Gasteiger charge is -2.16. The van der Waals surface area contributed by atoms with Crippen molar-refractivity contribution in [3.05, 3.63) is 76.8 Å². The van der Waals surface area contributed by atoms with Crippen molar-refractivity contribution >= 4 is 28.1 Å². The van der Waals surface area contributed by atoms with Gasteiger partial charge in [0.1, 0.15) is 0 Å². The molecule has 5 nitrogen and oxygen atoms in total. The minimum absolute atomic E-state index is 0.00168. The van der Waals surface area contributed by atoms with E-state index in [9.17, 15) is 4.79 Å². The van der Waals surface area contributed by atoms with E-state index in [1.807, 2.05) is 24.4 Å². The number of anilines is 2. The predicted octanol–water partition coefficient (Wildman–Crippen LogP) is 4.17. The van der Waals surface area contributed by atoms with Crippen molar-refractivity contribution in [2.24, 2.45) is 0 Å². The predicted molar refractivity (Wildman–Crippen MR) is 120 cm³/mol. The maximum absolute atomic E-state index is 12.4.